The molecule has 1 aliphatic heterocycles. The number of amides is 2. The third kappa shape index (κ3) is 5.09. The molecular formula is C14H27N3O3. The van der Waals surface area contributed by atoms with Gasteiger partial charge in [0.2, 0.25) is 11.8 Å². The van der Waals surface area contributed by atoms with Crippen LogP contribution in [0.15, 0.2) is 0 Å². The summed E-state index contributed by atoms with van der Waals surface area (Å²) in [5, 5.41) is 6.05. The molecule has 1 saturated heterocycles. The Morgan fingerprint density at radius 2 is 2.15 bits per heavy atom. The fourth-order valence-electron chi connectivity index (χ4n) is 2.29. The number of morpholine rings is 1. The molecule has 1 fully saturated rings. The van der Waals surface area contributed by atoms with E-state index in [-0.39, 0.29) is 24.5 Å². The molecule has 2 unspecified atom stereocenters. The summed E-state index contributed by atoms with van der Waals surface area (Å²) in [5.74, 6) is -0.102. The standard InChI is InChI=1S/C14H27N3O3/c1-4-6-16-14(19)12-10-20-8-7-17(12)13(18)9-11(3)15-5-2/h11-12,15H,4-10H2,1-3H3,(H,16,19). The second kappa shape index (κ2) is 8.92. The van der Waals surface area contributed by atoms with Gasteiger partial charge in [0.1, 0.15) is 6.04 Å². The molecule has 0 radical (unpaired) electrons. The summed E-state index contributed by atoms with van der Waals surface area (Å²) in [6.07, 6.45) is 1.29. The second-order valence-corrected chi connectivity index (χ2v) is 5.13. The normalized spacial score (nSPS) is 20.6. The third-order valence-corrected chi connectivity index (χ3v) is 3.33. The van der Waals surface area contributed by atoms with Gasteiger partial charge in [-0.25, -0.2) is 0 Å². The zero-order chi connectivity index (χ0) is 15.0. The fraction of sp³-hybridized carbons (Fsp3) is 0.857. The molecule has 0 spiro atoms. The number of rotatable bonds is 7. The Morgan fingerprint density at radius 3 is 2.80 bits per heavy atom. The first kappa shape index (κ1) is 16.9. The summed E-state index contributed by atoms with van der Waals surface area (Å²) in [6.45, 7) is 8.73. The van der Waals surface area contributed by atoms with Gasteiger partial charge in [0.15, 0.2) is 0 Å². The van der Waals surface area contributed by atoms with E-state index in [1.165, 1.54) is 0 Å². The summed E-state index contributed by atoms with van der Waals surface area (Å²) >= 11 is 0. The van der Waals surface area contributed by atoms with E-state index < -0.39 is 6.04 Å². The first-order valence-electron chi connectivity index (χ1n) is 7.48. The summed E-state index contributed by atoms with van der Waals surface area (Å²) in [5.41, 5.74) is 0. The lowest BCUT2D eigenvalue weighted by atomic mass is 10.1. The Hall–Kier alpha value is -1.14. The quantitative estimate of drug-likeness (QED) is 0.697. The first-order chi connectivity index (χ1) is 9.60. The lowest BCUT2D eigenvalue weighted by Gasteiger charge is -2.35. The molecule has 0 aromatic carbocycles. The monoisotopic (exact) mass is 285 g/mol. The summed E-state index contributed by atoms with van der Waals surface area (Å²) in [7, 11) is 0. The highest BCUT2D eigenvalue weighted by atomic mass is 16.5. The average Bonchev–Trinajstić information content (AvgIpc) is 2.44. The van der Waals surface area contributed by atoms with E-state index in [0.29, 0.717) is 26.1 Å². The minimum absolute atomic E-state index is 0.0124. The number of nitrogens with one attached hydrogen (secondary N) is 2. The molecular weight excluding hydrogens is 258 g/mol. The average molecular weight is 285 g/mol. The van der Waals surface area contributed by atoms with Gasteiger partial charge in [0.25, 0.3) is 0 Å². The molecule has 116 valence electrons. The van der Waals surface area contributed by atoms with Crippen molar-refractivity contribution in [2.45, 2.75) is 45.7 Å². The van der Waals surface area contributed by atoms with Crippen molar-refractivity contribution in [3.63, 3.8) is 0 Å². The van der Waals surface area contributed by atoms with Gasteiger partial charge in [-0.05, 0) is 19.9 Å². The molecule has 1 heterocycles. The lowest BCUT2D eigenvalue weighted by Crippen LogP contribution is -2.56. The molecule has 1 aliphatic rings. The molecule has 0 saturated carbocycles. The molecule has 6 nitrogen and oxygen atoms in total. The van der Waals surface area contributed by atoms with Crippen molar-refractivity contribution in [3.8, 4) is 0 Å². The highest BCUT2D eigenvalue weighted by molar-refractivity contribution is 5.88. The maximum atomic E-state index is 12.3. The molecule has 2 amide bonds. The Bertz CT molecular complexity index is 323. The lowest BCUT2D eigenvalue weighted by molar-refractivity contribution is -0.148. The molecule has 20 heavy (non-hydrogen) atoms. The smallest absolute Gasteiger partial charge is 0.245 e. The first-order valence-corrected chi connectivity index (χ1v) is 7.48. The maximum Gasteiger partial charge on any atom is 0.245 e. The number of hydrogen-bond donors (Lipinski definition) is 2. The van der Waals surface area contributed by atoms with Gasteiger partial charge in [-0.3, -0.25) is 9.59 Å². The number of nitrogens with zero attached hydrogens (tertiary/aromatic N) is 1. The van der Waals surface area contributed by atoms with Crippen LogP contribution in [0.3, 0.4) is 0 Å². The number of hydrogen-bond acceptors (Lipinski definition) is 4. The zero-order valence-corrected chi connectivity index (χ0v) is 12.8. The topological polar surface area (TPSA) is 70.7 Å². The predicted molar refractivity (Wildman–Crippen MR) is 77.4 cm³/mol. The van der Waals surface area contributed by atoms with Gasteiger partial charge in [0.05, 0.1) is 13.2 Å². The highest BCUT2D eigenvalue weighted by Crippen LogP contribution is 2.10. The Morgan fingerprint density at radius 1 is 1.40 bits per heavy atom. The molecule has 0 bridgehead atoms. The molecule has 0 aromatic rings. The van der Waals surface area contributed by atoms with Crippen LogP contribution in [-0.2, 0) is 14.3 Å². The van der Waals surface area contributed by atoms with Gasteiger partial charge in [-0.2, -0.15) is 0 Å². The van der Waals surface area contributed by atoms with Crippen LogP contribution in [0, 0.1) is 0 Å². The van der Waals surface area contributed by atoms with E-state index in [1.807, 2.05) is 20.8 Å². The number of carbonyl (C=O) groups excluding carboxylic acids is 2. The van der Waals surface area contributed by atoms with Crippen LogP contribution in [0.4, 0.5) is 0 Å². The third-order valence-electron chi connectivity index (χ3n) is 3.33. The van der Waals surface area contributed by atoms with Crippen molar-refractivity contribution in [2.75, 3.05) is 32.8 Å². The van der Waals surface area contributed by atoms with Gasteiger partial charge >= 0.3 is 0 Å². The molecule has 1 rings (SSSR count). The van der Waals surface area contributed by atoms with Gasteiger partial charge in [0, 0.05) is 25.6 Å². The van der Waals surface area contributed by atoms with Crippen LogP contribution < -0.4 is 10.6 Å². The van der Waals surface area contributed by atoms with Crippen molar-refractivity contribution in [2.24, 2.45) is 0 Å². The Kier molecular flexibility index (Phi) is 7.54. The predicted octanol–water partition coefficient (Wildman–Crippen LogP) is 0.128. The Labute approximate surface area is 121 Å². The van der Waals surface area contributed by atoms with Crippen LogP contribution >= 0.6 is 0 Å². The van der Waals surface area contributed by atoms with E-state index in [2.05, 4.69) is 10.6 Å². The van der Waals surface area contributed by atoms with Crippen molar-refractivity contribution in [1.29, 1.82) is 0 Å². The van der Waals surface area contributed by atoms with E-state index in [0.717, 1.165) is 13.0 Å². The minimum Gasteiger partial charge on any atom is -0.377 e. The number of carbonyl (C=O) groups is 2. The highest BCUT2D eigenvalue weighted by Gasteiger charge is 2.32. The summed E-state index contributed by atoms with van der Waals surface area (Å²) < 4.78 is 5.35. The zero-order valence-electron chi connectivity index (χ0n) is 12.8. The molecule has 2 atom stereocenters. The van der Waals surface area contributed by atoms with Crippen LogP contribution in [0.2, 0.25) is 0 Å². The van der Waals surface area contributed by atoms with Crippen LogP contribution in [0.1, 0.15) is 33.6 Å². The Balaban J connectivity index is 2.58. The van der Waals surface area contributed by atoms with E-state index in [9.17, 15) is 9.59 Å². The molecule has 0 aromatic heterocycles. The second-order valence-electron chi connectivity index (χ2n) is 5.13. The van der Waals surface area contributed by atoms with E-state index in [4.69, 9.17) is 4.74 Å². The largest absolute Gasteiger partial charge is 0.377 e. The fourth-order valence-corrected chi connectivity index (χ4v) is 2.29. The van der Waals surface area contributed by atoms with Crippen molar-refractivity contribution in [1.82, 2.24) is 15.5 Å². The van der Waals surface area contributed by atoms with Crippen molar-refractivity contribution < 1.29 is 14.3 Å². The van der Waals surface area contributed by atoms with Gasteiger partial charge < -0.3 is 20.3 Å². The van der Waals surface area contributed by atoms with Crippen LogP contribution in [-0.4, -0.2) is 61.6 Å². The molecule has 0 aliphatic carbocycles. The maximum absolute atomic E-state index is 12.3. The van der Waals surface area contributed by atoms with Gasteiger partial charge in [-0.15, -0.1) is 0 Å². The summed E-state index contributed by atoms with van der Waals surface area (Å²) in [4.78, 5) is 26.1. The minimum atomic E-state index is -0.489. The van der Waals surface area contributed by atoms with Gasteiger partial charge in [-0.1, -0.05) is 13.8 Å². The van der Waals surface area contributed by atoms with Crippen molar-refractivity contribution >= 4 is 11.8 Å². The van der Waals surface area contributed by atoms with Crippen LogP contribution in [0.25, 0.3) is 0 Å². The molecule has 6 heteroatoms. The van der Waals surface area contributed by atoms with E-state index in [1.54, 1.807) is 4.90 Å². The SMILES string of the molecule is CCCNC(=O)C1COCCN1C(=O)CC(C)NCC. The molecule has 2 N–H and O–H groups in total. The number of ether oxygens (including phenoxy) is 1. The van der Waals surface area contributed by atoms with Crippen molar-refractivity contribution in [3.05, 3.63) is 0 Å². The van der Waals surface area contributed by atoms with Crippen LogP contribution in [0.5, 0.6) is 0 Å². The summed E-state index contributed by atoms with van der Waals surface area (Å²) in [6, 6.07) is -0.369. The van der Waals surface area contributed by atoms with E-state index >= 15 is 0 Å².